The van der Waals surface area contributed by atoms with Gasteiger partial charge in [-0.3, -0.25) is 9.78 Å². The monoisotopic (exact) mass is 405 g/mol. The minimum atomic E-state index is -0.544. The van der Waals surface area contributed by atoms with E-state index in [2.05, 4.69) is 15.5 Å². The first-order chi connectivity index (χ1) is 14.6. The van der Waals surface area contributed by atoms with Gasteiger partial charge in [-0.1, -0.05) is 6.07 Å². The van der Waals surface area contributed by atoms with Gasteiger partial charge in [0.15, 0.2) is 11.5 Å². The molecule has 1 N–H and O–H groups in total. The predicted molar refractivity (Wildman–Crippen MR) is 110 cm³/mol. The number of methoxy groups -OCH3 is 2. The highest BCUT2D eigenvalue weighted by Crippen LogP contribution is 2.28. The van der Waals surface area contributed by atoms with Gasteiger partial charge in [-0.2, -0.15) is 5.10 Å². The van der Waals surface area contributed by atoms with Gasteiger partial charge >= 0.3 is 5.97 Å². The van der Waals surface area contributed by atoms with Crippen molar-refractivity contribution >= 4 is 18.1 Å². The third-order valence-electron chi connectivity index (χ3n) is 4.00. The van der Waals surface area contributed by atoms with Crippen molar-refractivity contribution < 1.29 is 23.8 Å². The molecule has 0 atom stereocenters. The summed E-state index contributed by atoms with van der Waals surface area (Å²) in [5, 5.41) is 3.92. The van der Waals surface area contributed by atoms with Crippen LogP contribution in [0.3, 0.4) is 0 Å². The third kappa shape index (κ3) is 5.20. The minimum absolute atomic E-state index is 0.252. The lowest BCUT2D eigenvalue weighted by Gasteiger charge is -2.10. The maximum Gasteiger partial charge on any atom is 0.343 e. The average molecular weight is 405 g/mol. The fourth-order valence-electron chi connectivity index (χ4n) is 2.48. The largest absolute Gasteiger partial charge is 0.497 e. The molecular formula is C22H19N3O5. The second-order valence-electron chi connectivity index (χ2n) is 5.97. The van der Waals surface area contributed by atoms with Crippen molar-refractivity contribution in [3.63, 3.8) is 0 Å². The average Bonchev–Trinajstić information content (AvgIpc) is 2.80. The van der Waals surface area contributed by atoms with E-state index in [1.165, 1.54) is 26.6 Å². The van der Waals surface area contributed by atoms with Crippen LogP contribution in [0.25, 0.3) is 0 Å². The highest BCUT2D eigenvalue weighted by molar-refractivity contribution is 5.94. The van der Waals surface area contributed by atoms with Crippen LogP contribution in [0, 0.1) is 0 Å². The minimum Gasteiger partial charge on any atom is -0.497 e. The van der Waals surface area contributed by atoms with Crippen LogP contribution >= 0.6 is 0 Å². The number of carbonyl (C=O) groups excluding carboxylic acids is 2. The maximum absolute atomic E-state index is 12.4. The van der Waals surface area contributed by atoms with Crippen molar-refractivity contribution in [2.75, 3.05) is 14.2 Å². The van der Waals surface area contributed by atoms with E-state index in [0.717, 1.165) is 0 Å². The number of esters is 1. The third-order valence-corrected chi connectivity index (χ3v) is 4.00. The van der Waals surface area contributed by atoms with Crippen molar-refractivity contribution in [2.24, 2.45) is 5.10 Å². The van der Waals surface area contributed by atoms with Crippen LogP contribution in [0.2, 0.25) is 0 Å². The van der Waals surface area contributed by atoms with E-state index in [4.69, 9.17) is 14.2 Å². The molecule has 1 heterocycles. The molecule has 0 spiro atoms. The number of benzene rings is 2. The zero-order valence-corrected chi connectivity index (χ0v) is 16.4. The molecule has 30 heavy (non-hydrogen) atoms. The number of nitrogens with one attached hydrogen (secondary N) is 1. The molecule has 0 fully saturated rings. The fourth-order valence-corrected chi connectivity index (χ4v) is 2.48. The van der Waals surface area contributed by atoms with Gasteiger partial charge in [-0.25, -0.2) is 10.2 Å². The molecule has 0 aliphatic carbocycles. The Balaban J connectivity index is 1.68. The highest BCUT2D eigenvalue weighted by atomic mass is 16.6. The van der Waals surface area contributed by atoms with Crippen molar-refractivity contribution in [3.05, 3.63) is 83.7 Å². The van der Waals surface area contributed by atoms with E-state index in [-0.39, 0.29) is 11.7 Å². The molecule has 2 aromatic carbocycles. The van der Waals surface area contributed by atoms with E-state index < -0.39 is 5.97 Å². The lowest BCUT2D eigenvalue weighted by molar-refractivity contribution is 0.0729. The molecule has 3 aromatic rings. The van der Waals surface area contributed by atoms with Crippen LogP contribution in [-0.2, 0) is 0 Å². The number of nitrogens with zero attached hydrogens (tertiary/aromatic N) is 2. The summed E-state index contributed by atoms with van der Waals surface area (Å²) in [7, 11) is 2.98. The molecule has 0 saturated carbocycles. The van der Waals surface area contributed by atoms with Crippen LogP contribution in [0.1, 0.15) is 26.3 Å². The summed E-state index contributed by atoms with van der Waals surface area (Å²) in [6.45, 7) is 0. The van der Waals surface area contributed by atoms with E-state index in [0.29, 0.717) is 28.2 Å². The maximum atomic E-state index is 12.4. The van der Waals surface area contributed by atoms with Gasteiger partial charge in [0, 0.05) is 12.4 Å². The van der Waals surface area contributed by atoms with Gasteiger partial charge in [0.25, 0.3) is 5.91 Å². The summed E-state index contributed by atoms with van der Waals surface area (Å²) in [6, 6.07) is 14.8. The van der Waals surface area contributed by atoms with Gasteiger partial charge in [0.2, 0.25) is 0 Å². The van der Waals surface area contributed by atoms with Gasteiger partial charge < -0.3 is 14.2 Å². The summed E-state index contributed by atoms with van der Waals surface area (Å²) >= 11 is 0. The van der Waals surface area contributed by atoms with Crippen LogP contribution < -0.4 is 19.6 Å². The van der Waals surface area contributed by atoms with Gasteiger partial charge in [0.05, 0.1) is 31.6 Å². The zero-order valence-electron chi connectivity index (χ0n) is 16.4. The molecule has 0 aliphatic heterocycles. The van der Waals surface area contributed by atoms with Gasteiger partial charge in [-0.05, 0) is 54.1 Å². The number of pyridine rings is 1. The SMILES string of the molecule is COc1cccc(C(=O)Oc2ccc(/C=N/NC(=O)c3cccnc3)cc2OC)c1. The Kier molecular flexibility index (Phi) is 6.73. The van der Waals surface area contributed by atoms with E-state index >= 15 is 0 Å². The number of hydrogen-bond acceptors (Lipinski definition) is 7. The topological polar surface area (TPSA) is 99.1 Å². The summed E-state index contributed by atoms with van der Waals surface area (Å²) in [6.07, 6.45) is 4.47. The first-order valence-electron chi connectivity index (χ1n) is 8.88. The molecule has 0 bridgehead atoms. The molecule has 0 unspecified atom stereocenters. The van der Waals surface area contributed by atoms with Gasteiger partial charge in [-0.15, -0.1) is 0 Å². The lowest BCUT2D eigenvalue weighted by Crippen LogP contribution is -2.17. The first-order valence-corrected chi connectivity index (χ1v) is 8.88. The number of amides is 1. The second-order valence-corrected chi connectivity index (χ2v) is 5.97. The highest BCUT2D eigenvalue weighted by Gasteiger charge is 2.13. The summed E-state index contributed by atoms with van der Waals surface area (Å²) in [4.78, 5) is 28.2. The van der Waals surface area contributed by atoms with Crippen LogP contribution in [-0.4, -0.2) is 37.3 Å². The smallest absolute Gasteiger partial charge is 0.343 e. The summed E-state index contributed by atoms with van der Waals surface area (Å²) < 4.78 is 15.9. The standard InChI is InChI=1S/C22H19N3O5/c1-28-18-7-3-5-16(12-18)22(27)30-19-9-8-15(11-20(19)29-2)13-24-25-21(26)17-6-4-10-23-14-17/h3-14H,1-2H3,(H,25,26)/b24-13+. The molecular weight excluding hydrogens is 386 g/mol. The van der Waals surface area contributed by atoms with Crippen LogP contribution in [0.5, 0.6) is 17.2 Å². The quantitative estimate of drug-likeness (QED) is 0.281. The van der Waals surface area contributed by atoms with Crippen LogP contribution in [0.15, 0.2) is 72.1 Å². The molecule has 3 rings (SSSR count). The Morgan fingerprint density at radius 3 is 2.53 bits per heavy atom. The normalized spacial score (nSPS) is 10.5. The number of aromatic nitrogens is 1. The number of ether oxygens (including phenoxy) is 3. The Labute approximate surface area is 173 Å². The molecule has 8 nitrogen and oxygen atoms in total. The van der Waals surface area contributed by atoms with E-state index in [1.807, 2.05) is 0 Å². The molecule has 0 aliphatic rings. The lowest BCUT2D eigenvalue weighted by atomic mass is 10.2. The fraction of sp³-hybridized carbons (Fsp3) is 0.0909. The number of carbonyl (C=O) groups is 2. The van der Waals surface area contributed by atoms with Gasteiger partial charge in [0.1, 0.15) is 5.75 Å². The molecule has 0 saturated heterocycles. The molecule has 1 amide bonds. The van der Waals surface area contributed by atoms with Crippen molar-refractivity contribution in [1.82, 2.24) is 10.4 Å². The zero-order chi connectivity index (χ0) is 21.3. The second kappa shape index (κ2) is 9.83. The van der Waals surface area contributed by atoms with Crippen molar-refractivity contribution in [2.45, 2.75) is 0 Å². The molecule has 1 aromatic heterocycles. The van der Waals surface area contributed by atoms with E-state index in [1.54, 1.807) is 60.8 Å². The molecule has 0 radical (unpaired) electrons. The Bertz CT molecular complexity index is 1070. The number of rotatable bonds is 7. The molecule has 152 valence electrons. The Hall–Kier alpha value is -4.20. The first kappa shape index (κ1) is 20.5. The Morgan fingerprint density at radius 2 is 1.80 bits per heavy atom. The summed E-state index contributed by atoms with van der Waals surface area (Å²) in [5.41, 5.74) is 3.80. The number of hydrogen-bond donors (Lipinski definition) is 1. The number of hydrazone groups is 1. The predicted octanol–water partition coefficient (Wildman–Crippen LogP) is 3.08. The molecule has 8 heteroatoms. The van der Waals surface area contributed by atoms with Crippen molar-refractivity contribution in [1.29, 1.82) is 0 Å². The Morgan fingerprint density at radius 1 is 0.967 bits per heavy atom. The van der Waals surface area contributed by atoms with E-state index in [9.17, 15) is 9.59 Å². The van der Waals surface area contributed by atoms with Crippen LogP contribution in [0.4, 0.5) is 0 Å². The summed E-state index contributed by atoms with van der Waals surface area (Å²) in [5.74, 6) is 0.222. The van der Waals surface area contributed by atoms with Crippen molar-refractivity contribution in [3.8, 4) is 17.2 Å².